The maximum absolute atomic E-state index is 13.6. The summed E-state index contributed by atoms with van der Waals surface area (Å²) in [7, 11) is 3.22. The lowest BCUT2D eigenvalue weighted by Crippen LogP contribution is -2.54. The molecule has 0 aromatic heterocycles. The van der Waals surface area contributed by atoms with Crippen LogP contribution in [0.2, 0.25) is 0 Å². The largest absolute Gasteiger partial charge is 0.493 e. The molecule has 0 bridgehead atoms. The van der Waals surface area contributed by atoms with E-state index in [-0.39, 0.29) is 23.2 Å². The third-order valence-corrected chi connectivity index (χ3v) is 8.03. The minimum Gasteiger partial charge on any atom is -0.493 e. The van der Waals surface area contributed by atoms with Crippen molar-refractivity contribution in [3.63, 3.8) is 0 Å². The van der Waals surface area contributed by atoms with Gasteiger partial charge in [0.15, 0.2) is 11.5 Å². The Morgan fingerprint density at radius 3 is 2.18 bits per heavy atom. The van der Waals surface area contributed by atoms with Crippen molar-refractivity contribution < 1.29 is 54.9 Å². The van der Waals surface area contributed by atoms with Crippen LogP contribution in [0.1, 0.15) is 50.7 Å². The molecule has 1 aliphatic heterocycles. The molecule has 2 fully saturated rings. The molecule has 1 saturated heterocycles. The number of amides is 2. The zero-order valence-electron chi connectivity index (χ0n) is 24.4. The van der Waals surface area contributed by atoms with Crippen molar-refractivity contribution in [3.05, 3.63) is 53.3 Å². The molecular weight excluding hydrogens is 603 g/mol. The number of aliphatic carboxylic acids is 1. The highest BCUT2D eigenvalue weighted by Gasteiger charge is 2.52. The van der Waals surface area contributed by atoms with Gasteiger partial charge in [0.05, 0.1) is 19.8 Å². The van der Waals surface area contributed by atoms with Crippen molar-refractivity contribution >= 4 is 17.7 Å². The molecule has 2 aromatic carbocycles. The van der Waals surface area contributed by atoms with E-state index in [9.17, 15) is 35.5 Å². The van der Waals surface area contributed by atoms with Crippen LogP contribution in [0.15, 0.2) is 36.4 Å². The van der Waals surface area contributed by atoms with Crippen molar-refractivity contribution in [1.82, 2.24) is 10.2 Å². The Bertz CT molecular complexity index is 1340. The minimum absolute atomic E-state index is 0.114. The number of hydrogen-bond acceptors (Lipinski definition) is 5. The summed E-state index contributed by atoms with van der Waals surface area (Å²) in [4.78, 5) is 24.0. The van der Waals surface area contributed by atoms with Crippen molar-refractivity contribution in [2.24, 2.45) is 0 Å². The SMILES string of the molecule is COc1ccc([C@@]23CC[C@@H](NC(=O)Nc4ccc(F)c(C(F)(F)F)c4)C[C@@H]2N(C(C)C)CC3)cc1OC.O=C(O)C(F)(F)F. The summed E-state index contributed by atoms with van der Waals surface area (Å²) in [6, 6.07) is 8.17. The van der Waals surface area contributed by atoms with Crippen molar-refractivity contribution in [2.45, 2.75) is 75.4 Å². The van der Waals surface area contributed by atoms with Gasteiger partial charge < -0.3 is 25.2 Å². The summed E-state index contributed by atoms with van der Waals surface area (Å²) in [5.74, 6) is -2.80. The third-order valence-electron chi connectivity index (χ3n) is 8.03. The van der Waals surface area contributed by atoms with Crippen molar-refractivity contribution in [2.75, 3.05) is 26.1 Å². The van der Waals surface area contributed by atoms with Crippen LogP contribution in [0.4, 0.5) is 41.2 Å². The van der Waals surface area contributed by atoms with Crippen LogP contribution >= 0.6 is 0 Å². The van der Waals surface area contributed by atoms with Crippen LogP contribution in [0.25, 0.3) is 0 Å². The Hall–Kier alpha value is -3.75. The molecule has 0 spiro atoms. The van der Waals surface area contributed by atoms with E-state index < -0.39 is 35.7 Å². The van der Waals surface area contributed by atoms with E-state index in [1.807, 2.05) is 12.1 Å². The molecule has 8 nitrogen and oxygen atoms in total. The summed E-state index contributed by atoms with van der Waals surface area (Å²) in [5, 5.41) is 12.5. The maximum atomic E-state index is 13.6. The van der Waals surface area contributed by atoms with Crippen LogP contribution < -0.4 is 20.1 Å². The maximum Gasteiger partial charge on any atom is 0.490 e. The van der Waals surface area contributed by atoms with E-state index in [0.717, 1.165) is 25.5 Å². The number of halogens is 7. The number of nitrogens with one attached hydrogen (secondary N) is 2. The average Bonchev–Trinajstić information content (AvgIpc) is 3.33. The molecule has 44 heavy (non-hydrogen) atoms. The summed E-state index contributed by atoms with van der Waals surface area (Å²) in [6.07, 6.45) is -6.73. The Labute approximate surface area is 249 Å². The molecule has 2 aromatic rings. The first-order valence-electron chi connectivity index (χ1n) is 13.7. The molecule has 15 heteroatoms. The second-order valence-corrected chi connectivity index (χ2v) is 10.9. The number of carbonyl (C=O) groups is 2. The first kappa shape index (κ1) is 34.7. The van der Waals surface area contributed by atoms with Gasteiger partial charge >= 0.3 is 24.4 Å². The normalized spacial score (nSPS) is 22.0. The van der Waals surface area contributed by atoms with E-state index >= 15 is 0 Å². The molecule has 1 saturated carbocycles. The van der Waals surface area contributed by atoms with Gasteiger partial charge in [-0.3, -0.25) is 4.90 Å². The number of rotatable bonds is 6. The lowest BCUT2D eigenvalue weighted by atomic mass is 9.65. The molecule has 4 rings (SSSR count). The fraction of sp³-hybridized carbons (Fsp3) is 0.517. The van der Waals surface area contributed by atoms with E-state index in [1.54, 1.807) is 14.2 Å². The molecular formula is C29H34F7N3O5. The van der Waals surface area contributed by atoms with Gasteiger partial charge in [-0.15, -0.1) is 0 Å². The van der Waals surface area contributed by atoms with Crippen LogP contribution in [0.5, 0.6) is 11.5 Å². The smallest absolute Gasteiger partial charge is 0.490 e. The monoisotopic (exact) mass is 637 g/mol. The number of anilines is 1. The highest BCUT2D eigenvalue weighted by molar-refractivity contribution is 5.89. The first-order chi connectivity index (χ1) is 20.4. The number of ether oxygens (including phenoxy) is 2. The fourth-order valence-electron chi connectivity index (χ4n) is 5.99. The highest BCUT2D eigenvalue weighted by atomic mass is 19.4. The van der Waals surface area contributed by atoms with Gasteiger partial charge in [-0.05, 0) is 82.0 Å². The van der Waals surface area contributed by atoms with Gasteiger partial charge in [-0.1, -0.05) is 6.07 Å². The number of hydrogen-bond donors (Lipinski definition) is 3. The van der Waals surface area contributed by atoms with Crippen LogP contribution in [0.3, 0.4) is 0 Å². The lowest BCUT2D eigenvalue weighted by Gasteiger charge is -2.46. The summed E-state index contributed by atoms with van der Waals surface area (Å²) in [5.41, 5.74) is -0.475. The second-order valence-electron chi connectivity index (χ2n) is 10.9. The Morgan fingerprint density at radius 1 is 1.00 bits per heavy atom. The summed E-state index contributed by atoms with van der Waals surface area (Å²) < 4.78 is 95.4. The van der Waals surface area contributed by atoms with E-state index in [4.69, 9.17) is 19.4 Å². The second kappa shape index (κ2) is 13.5. The number of benzene rings is 2. The van der Waals surface area contributed by atoms with Gasteiger partial charge in [0, 0.05) is 29.2 Å². The van der Waals surface area contributed by atoms with Crippen molar-refractivity contribution in [1.29, 1.82) is 0 Å². The number of urea groups is 1. The average molecular weight is 638 g/mol. The number of nitrogens with zero attached hydrogens (tertiary/aromatic N) is 1. The van der Waals surface area contributed by atoms with Crippen LogP contribution in [-0.4, -0.2) is 67.1 Å². The molecule has 0 unspecified atom stereocenters. The fourth-order valence-corrected chi connectivity index (χ4v) is 5.99. The summed E-state index contributed by atoms with van der Waals surface area (Å²) in [6.45, 7) is 5.23. The van der Waals surface area contributed by atoms with Gasteiger partial charge in [-0.25, -0.2) is 14.0 Å². The number of carbonyl (C=O) groups excluding carboxylic acids is 1. The summed E-state index contributed by atoms with van der Waals surface area (Å²) >= 11 is 0. The molecule has 2 aliphatic rings. The Kier molecular flexibility index (Phi) is 10.6. The van der Waals surface area contributed by atoms with E-state index in [2.05, 4.69) is 35.4 Å². The number of carboxylic acids is 1. The molecule has 1 aliphatic carbocycles. The van der Waals surface area contributed by atoms with Gasteiger partial charge in [-0.2, -0.15) is 26.3 Å². The molecule has 244 valence electrons. The van der Waals surface area contributed by atoms with Gasteiger partial charge in [0.25, 0.3) is 0 Å². The predicted molar refractivity (Wildman–Crippen MR) is 146 cm³/mol. The third kappa shape index (κ3) is 7.85. The lowest BCUT2D eigenvalue weighted by molar-refractivity contribution is -0.192. The van der Waals surface area contributed by atoms with Gasteiger partial charge in [0.1, 0.15) is 5.82 Å². The Balaban J connectivity index is 0.000000676. The number of methoxy groups -OCH3 is 2. The molecule has 2 amide bonds. The standard InChI is InChI=1S/C27H33F4N3O3.C2HF3O2/c1-16(2)34-12-11-26(17-5-8-22(36-3)23(13-17)37-4)10-9-19(15-24(26)34)33-25(35)32-18-6-7-21(28)20(14-18)27(29,30)31;3-2(4,5)1(6)7/h5-8,13-14,16,19,24H,9-12,15H2,1-4H3,(H2,32,33,35);(H,6,7)/t19-,24+,26+;/m1./s1. The number of alkyl halides is 6. The molecule has 0 radical (unpaired) electrons. The Morgan fingerprint density at radius 2 is 1.64 bits per heavy atom. The van der Waals surface area contributed by atoms with Crippen LogP contribution in [-0.2, 0) is 16.4 Å². The number of carboxylic acid groups (broad SMARTS) is 1. The molecule has 3 N–H and O–H groups in total. The zero-order valence-corrected chi connectivity index (χ0v) is 24.4. The quantitative estimate of drug-likeness (QED) is 0.309. The zero-order chi connectivity index (χ0) is 33.0. The van der Waals surface area contributed by atoms with Gasteiger partial charge in [0.2, 0.25) is 0 Å². The van der Waals surface area contributed by atoms with E-state index in [0.29, 0.717) is 42.5 Å². The van der Waals surface area contributed by atoms with Crippen molar-refractivity contribution in [3.8, 4) is 11.5 Å². The highest BCUT2D eigenvalue weighted by Crippen LogP contribution is 2.51. The number of fused-ring (bicyclic) bond motifs is 1. The topological polar surface area (TPSA) is 100 Å². The molecule has 3 atom stereocenters. The van der Waals surface area contributed by atoms with Crippen LogP contribution in [0, 0.1) is 5.82 Å². The molecule has 1 heterocycles. The first-order valence-corrected chi connectivity index (χ1v) is 13.7. The number of likely N-dealkylation sites (tertiary alicyclic amines) is 1. The predicted octanol–water partition coefficient (Wildman–Crippen LogP) is 6.59. The van der Waals surface area contributed by atoms with E-state index in [1.165, 1.54) is 5.56 Å². The minimum atomic E-state index is -5.08.